The van der Waals surface area contributed by atoms with Gasteiger partial charge in [-0.25, -0.2) is 5.43 Å². The minimum absolute atomic E-state index is 0.0941. The molecule has 0 aromatic heterocycles. The van der Waals surface area contributed by atoms with E-state index in [2.05, 4.69) is 42.7 Å². The van der Waals surface area contributed by atoms with Gasteiger partial charge in [-0.3, -0.25) is 5.84 Å². The van der Waals surface area contributed by atoms with Crippen LogP contribution in [0.15, 0.2) is 41.0 Å². The van der Waals surface area contributed by atoms with Gasteiger partial charge in [-0.2, -0.15) is 0 Å². The number of nitrogens with two attached hydrogens (primary N) is 1. The van der Waals surface area contributed by atoms with Gasteiger partial charge in [0.25, 0.3) is 0 Å². The van der Waals surface area contributed by atoms with E-state index in [1.54, 1.807) is 11.8 Å². The van der Waals surface area contributed by atoms with Crippen LogP contribution >= 0.6 is 11.8 Å². The Morgan fingerprint density at radius 3 is 2.78 bits per heavy atom. The summed E-state index contributed by atoms with van der Waals surface area (Å²) in [7, 11) is 0. The number of hydrogen-bond acceptors (Lipinski definition) is 4. The second-order valence-corrected chi connectivity index (χ2v) is 5.53. The highest BCUT2D eigenvalue weighted by Crippen LogP contribution is 2.22. The van der Waals surface area contributed by atoms with Crippen molar-refractivity contribution in [2.24, 2.45) is 5.84 Å². The molecule has 1 aromatic rings. The molecule has 3 N–H and O–H groups in total. The molecule has 1 aromatic carbocycles. The molecule has 1 heterocycles. The third-order valence-electron chi connectivity index (χ3n) is 2.94. The van der Waals surface area contributed by atoms with E-state index in [1.165, 1.54) is 10.5 Å². The molecular weight excluding hydrogens is 244 g/mol. The van der Waals surface area contributed by atoms with Gasteiger partial charge in [-0.1, -0.05) is 17.7 Å². The Labute approximate surface area is 113 Å². The molecule has 0 spiro atoms. The Bertz CT molecular complexity index is 403. The van der Waals surface area contributed by atoms with E-state index in [-0.39, 0.29) is 6.04 Å². The third-order valence-corrected chi connectivity index (χ3v) is 4.05. The molecule has 0 amide bonds. The highest BCUT2D eigenvalue weighted by atomic mass is 32.2. The lowest BCUT2D eigenvalue weighted by atomic mass is 10.2. The van der Waals surface area contributed by atoms with E-state index in [4.69, 9.17) is 10.6 Å². The van der Waals surface area contributed by atoms with Crippen LogP contribution in [0.25, 0.3) is 0 Å². The quantitative estimate of drug-likeness (QED) is 0.487. The van der Waals surface area contributed by atoms with Gasteiger partial charge in [0.15, 0.2) is 0 Å². The lowest BCUT2D eigenvalue weighted by Gasteiger charge is -2.22. The minimum Gasteiger partial charge on any atom is -0.497 e. The van der Waals surface area contributed by atoms with Gasteiger partial charge in [-0.15, -0.1) is 11.8 Å². The number of ether oxygens (including phenoxy) is 1. The van der Waals surface area contributed by atoms with Crippen LogP contribution in [0.1, 0.15) is 18.4 Å². The Morgan fingerprint density at radius 1 is 1.39 bits per heavy atom. The maximum atomic E-state index is 5.64. The van der Waals surface area contributed by atoms with E-state index in [9.17, 15) is 0 Å². The summed E-state index contributed by atoms with van der Waals surface area (Å²) in [5.74, 6) is 7.48. The van der Waals surface area contributed by atoms with Gasteiger partial charge in [0.1, 0.15) is 5.76 Å². The normalized spacial score (nSPS) is 16.9. The molecule has 0 fully saturated rings. The fraction of sp³-hybridized carbons (Fsp3) is 0.429. The number of hydrogen-bond donors (Lipinski definition) is 2. The highest BCUT2D eigenvalue weighted by molar-refractivity contribution is 7.99. The second-order valence-electron chi connectivity index (χ2n) is 4.44. The first-order chi connectivity index (χ1) is 8.79. The van der Waals surface area contributed by atoms with E-state index in [0.717, 1.165) is 31.0 Å². The molecule has 98 valence electrons. The van der Waals surface area contributed by atoms with Crippen LogP contribution in [0.4, 0.5) is 0 Å². The van der Waals surface area contributed by atoms with Crippen molar-refractivity contribution < 1.29 is 4.74 Å². The zero-order valence-corrected chi connectivity index (χ0v) is 11.5. The zero-order chi connectivity index (χ0) is 12.8. The molecule has 0 aliphatic carbocycles. The summed E-state index contributed by atoms with van der Waals surface area (Å²) in [6.45, 7) is 2.90. The van der Waals surface area contributed by atoms with E-state index in [0.29, 0.717) is 0 Å². The summed E-state index contributed by atoms with van der Waals surface area (Å²) in [6, 6.07) is 8.64. The van der Waals surface area contributed by atoms with Gasteiger partial charge in [0.05, 0.1) is 12.6 Å². The molecule has 1 unspecified atom stereocenters. The molecule has 0 saturated carbocycles. The van der Waals surface area contributed by atoms with Crippen LogP contribution in [0, 0.1) is 6.92 Å². The molecule has 1 aliphatic rings. The largest absolute Gasteiger partial charge is 0.497 e. The van der Waals surface area contributed by atoms with E-state index >= 15 is 0 Å². The number of rotatable bonds is 5. The van der Waals surface area contributed by atoms with Crippen molar-refractivity contribution in [1.82, 2.24) is 5.43 Å². The third kappa shape index (κ3) is 3.77. The molecule has 0 bridgehead atoms. The fourth-order valence-corrected chi connectivity index (χ4v) is 2.79. The molecule has 18 heavy (non-hydrogen) atoms. The molecule has 3 nitrogen and oxygen atoms in total. The number of hydrazine groups is 1. The van der Waals surface area contributed by atoms with Gasteiger partial charge in [-0.05, 0) is 38.0 Å². The number of aryl methyl sites for hydroxylation is 1. The number of nitrogens with one attached hydrogen (secondary N) is 1. The maximum Gasteiger partial charge on any atom is 0.111 e. The van der Waals surface area contributed by atoms with Crippen molar-refractivity contribution in [2.75, 3.05) is 12.4 Å². The van der Waals surface area contributed by atoms with Gasteiger partial charge in [0, 0.05) is 10.6 Å². The molecule has 0 radical (unpaired) electrons. The smallest absolute Gasteiger partial charge is 0.111 e. The first-order valence-electron chi connectivity index (χ1n) is 6.28. The Morgan fingerprint density at radius 2 is 2.17 bits per heavy atom. The lowest BCUT2D eigenvalue weighted by molar-refractivity contribution is 0.172. The lowest BCUT2D eigenvalue weighted by Crippen LogP contribution is -2.39. The number of benzene rings is 1. The zero-order valence-electron chi connectivity index (χ0n) is 10.7. The van der Waals surface area contributed by atoms with Crippen molar-refractivity contribution in [3.8, 4) is 0 Å². The SMILES string of the molecule is Cc1ccc(SCC(NN)C2=CCCCO2)cc1. The molecule has 1 aliphatic heterocycles. The average Bonchev–Trinajstić information content (AvgIpc) is 2.43. The monoisotopic (exact) mass is 264 g/mol. The van der Waals surface area contributed by atoms with Gasteiger partial charge >= 0.3 is 0 Å². The summed E-state index contributed by atoms with van der Waals surface area (Å²) in [5, 5.41) is 0. The van der Waals surface area contributed by atoms with Crippen molar-refractivity contribution in [3.63, 3.8) is 0 Å². The average molecular weight is 264 g/mol. The molecule has 0 saturated heterocycles. The first kappa shape index (κ1) is 13.5. The van der Waals surface area contributed by atoms with E-state index in [1.807, 2.05) is 0 Å². The number of thioether (sulfide) groups is 1. The first-order valence-corrected chi connectivity index (χ1v) is 7.26. The topological polar surface area (TPSA) is 47.3 Å². The Hall–Kier alpha value is -0.970. The van der Waals surface area contributed by atoms with Gasteiger partial charge in [0.2, 0.25) is 0 Å². The predicted molar refractivity (Wildman–Crippen MR) is 76.3 cm³/mol. The summed E-state index contributed by atoms with van der Waals surface area (Å²) < 4.78 is 5.64. The Kier molecular flexibility index (Phi) is 5.11. The van der Waals surface area contributed by atoms with Crippen molar-refractivity contribution in [3.05, 3.63) is 41.7 Å². The highest BCUT2D eigenvalue weighted by Gasteiger charge is 2.16. The van der Waals surface area contributed by atoms with Crippen molar-refractivity contribution in [2.45, 2.75) is 30.7 Å². The van der Waals surface area contributed by atoms with Crippen LogP contribution in [0.5, 0.6) is 0 Å². The van der Waals surface area contributed by atoms with Gasteiger partial charge < -0.3 is 4.74 Å². The summed E-state index contributed by atoms with van der Waals surface area (Å²) >= 11 is 1.79. The van der Waals surface area contributed by atoms with Crippen LogP contribution in [0.3, 0.4) is 0 Å². The maximum absolute atomic E-state index is 5.64. The van der Waals surface area contributed by atoms with Crippen LogP contribution < -0.4 is 11.3 Å². The standard InChI is InChI=1S/C14H20N2OS/c1-11-5-7-12(8-6-11)18-10-13(16-15)14-4-2-3-9-17-14/h4-8,13,16H,2-3,9-10,15H2,1H3. The Balaban J connectivity index is 1.90. The van der Waals surface area contributed by atoms with Crippen LogP contribution in [0.2, 0.25) is 0 Å². The summed E-state index contributed by atoms with van der Waals surface area (Å²) in [6.07, 6.45) is 4.33. The molecule has 4 heteroatoms. The molecule has 1 atom stereocenters. The number of allylic oxidation sites excluding steroid dienone is 1. The minimum atomic E-state index is 0.0941. The summed E-state index contributed by atoms with van der Waals surface area (Å²) in [4.78, 5) is 1.26. The molecule has 2 rings (SSSR count). The second kappa shape index (κ2) is 6.83. The van der Waals surface area contributed by atoms with Crippen molar-refractivity contribution in [1.29, 1.82) is 0 Å². The fourth-order valence-electron chi connectivity index (χ4n) is 1.85. The van der Waals surface area contributed by atoms with Crippen LogP contribution in [-0.4, -0.2) is 18.4 Å². The van der Waals surface area contributed by atoms with Crippen LogP contribution in [-0.2, 0) is 4.74 Å². The summed E-state index contributed by atoms with van der Waals surface area (Å²) in [5.41, 5.74) is 4.12. The van der Waals surface area contributed by atoms with E-state index < -0.39 is 0 Å². The van der Waals surface area contributed by atoms with Crippen molar-refractivity contribution >= 4 is 11.8 Å². The molecular formula is C14H20N2OS. The predicted octanol–water partition coefficient (Wildman–Crippen LogP) is 2.61.